The highest BCUT2D eigenvalue weighted by atomic mass is 32.1. The van der Waals surface area contributed by atoms with Crippen LogP contribution in [0.15, 0.2) is 23.0 Å². The smallest absolute Gasteiger partial charge is 0.341 e. The van der Waals surface area contributed by atoms with Gasteiger partial charge in [0.1, 0.15) is 11.3 Å². The van der Waals surface area contributed by atoms with Crippen molar-refractivity contribution in [1.82, 2.24) is 4.90 Å². The van der Waals surface area contributed by atoms with Crippen molar-refractivity contribution >= 4 is 34.1 Å². The molecule has 28 heavy (non-hydrogen) atoms. The third-order valence-corrected chi connectivity index (χ3v) is 6.15. The first kappa shape index (κ1) is 20.1. The van der Waals surface area contributed by atoms with Crippen molar-refractivity contribution in [3.8, 4) is 0 Å². The summed E-state index contributed by atoms with van der Waals surface area (Å²) in [5, 5.41) is 3.45. The van der Waals surface area contributed by atoms with Gasteiger partial charge in [-0.15, -0.1) is 11.3 Å². The predicted octanol–water partition coefficient (Wildman–Crippen LogP) is 3.63. The second-order valence-corrected chi connectivity index (χ2v) is 8.00. The summed E-state index contributed by atoms with van der Waals surface area (Å²) in [6, 6.07) is 1.64. The van der Waals surface area contributed by atoms with E-state index in [0.717, 1.165) is 10.4 Å². The number of aryl methyl sites for hydroxylation is 1. The van der Waals surface area contributed by atoms with Crippen molar-refractivity contribution in [3.63, 3.8) is 0 Å². The summed E-state index contributed by atoms with van der Waals surface area (Å²) in [5.74, 6) is -0.824. The number of hydrogen-bond donors (Lipinski definition) is 1. The fourth-order valence-electron chi connectivity index (χ4n) is 3.29. The van der Waals surface area contributed by atoms with E-state index in [-0.39, 0.29) is 24.3 Å². The van der Waals surface area contributed by atoms with E-state index in [4.69, 9.17) is 9.15 Å². The van der Waals surface area contributed by atoms with Crippen LogP contribution < -0.4 is 5.32 Å². The number of anilines is 1. The summed E-state index contributed by atoms with van der Waals surface area (Å²) < 4.78 is 10.1. The summed E-state index contributed by atoms with van der Waals surface area (Å²) >= 11 is 1.38. The number of hydrogen-bond acceptors (Lipinski definition) is 6. The Kier molecular flexibility index (Phi) is 6.18. The summed E-state index contributed by atoms with van der Waals surface area (Å²) in [5.41, 5.74) is 1.79. The Balaban J connectivity index is 1.63. The topological polar surface area (TPSA) is 88.9 Å². The number of carbonyl (C=O) groups excluding carboxylic acids is 3. The number of piperidine rings is 1. The van der Waals surface area contributed by atoms with E-state index < -0.39 is 5.97 Å². The molecule has 0 aromatic carbocycles. The third-order valence-electron chi connectivity index (χ3n) is 5.02. The highest BCUT2D eigenvalue weighted by Crippen LogP contribution is 2.34. The van der Waals surface area contributed by atoms with E-state index in [9.17, 15) is 14.4 Å². The molecule has 2 amide bonds. The fourth-order valence-corrected chi connectivity index (χ4v) is 4.34. The van der Waals surface area contributed by atoms with Crippen LogP contribution in [0.25, 0.3) is 0 Å². The summed E-state index contributed by atoms with van der Waals surface area (Å²) in [7, 11) is 0. The minimum absolute atomic E-state index is 0.0817. The average Bonchev–Trinajstić information content (AvgIpc) is 3.30. The lowest BCUT2D eigenvalue weighted by atomic mass is 9.95. The number of nitrogens with zero attached hydrogens (tertiary/aromatic N) is 1. The van der Waals surface area contributed by atoms with Crippen LogP contribution in [-0.4, -0.2) is 42.4 Å². The van der Waals surface area contributed by atoms with Gasteiger partial charge in [0, 0.05) is 23.9 Å². The fraction of sp³-hybridized carbons (Fsp3) is 0.450. The zero-order valence-electron chi connectivity index (χ0n) is 16.2. The zero-order chi connectivity index (χ0) is 20.3. The summed E-state index contributed by atoms with van der Waals surface area (Å²) in [6.07, 6.45) is 4.06. The second-order valence-electron chi connectivity index (χ2n) is 6.78. The molecule has 150 valence electrons. The maximum absolute atomic E-state index is 12.8. The SMILES string of the molecule is CCOC(=O)c1c(NC(=O)C2CCN(C(=O)c3ccoc3)CC2)sc(C)c1C. The van der Waals surface area contributed by atoms with E-state index in [1.54, 1.807) is 17.9 Å². The van der Waals surface area contributed by atoms with Crippen LogP contribution in [0.2, 0.25) is 0 Å². The van der Waals surface area contributed by atoms with Crippen LogP contribution in [0.1, 0.15) is 50.9 Å². The van der Waals surface area contributed by atoms with Gasteiger partial charge < -0.3 is 19.4 Å². The van der Waals surface area contributed by atoms with Crippen LogP contribution in [0.5, 0.6) is 0 Å². The lowest BCUT2D eigenvalue weighted by Crippen LogP contribution is -2.41. The number of nitrogens with one attached hydrogen (secondary N) is 1. The van der Waals surface area contributed by atoms with Gasteiger partial charge in [-0.1, -0.05) is 0 Å². The lowest BCUT2D eigenvalue weighted by molar-refractivity contribution is -0.121. The van der Waals surface area contributed by atoms with Crippen LogP contribution in [0.3, 0.4) is 0 Å². The zero-order valence-corrected chi connectivity index (χ0v) is 17.1. The summed E-state index contributed by atoms with van der Waals surface area (Å²) in [4.78, 5) is 40.1. The number of rotatable bonds is 5. The quantitative estimate of drug-likeness (QED) is 0.769. The highest BCUT2D eigenvalue weighted by Gasteiger charge is 2.30. The first-order valence-corrected chi connectivity index (χ1v) is 10.1. The molecule has 1 N–H and O–H groups in total. The maximum Gasteiger partial charge on any atom is 0.341 e. The van der Waals surface area contributed by atoms with Gasteiger partial charge in [-0.05, 0) is 45.2 Å². The predicted molar refractivity (Wildman–Crippen MR) is 106 cm³/mol. The molecule has 2 aromatic heterocycles. The van der Waals surface area contributed by atoms with Gasteiger partial charge in [-0.25, -0.2) is 4.79 Å². The van der Waals surface area contributed by atoms with Gasteiger partial charge in [0.15, 0.2) is 0 Å². The molecule has 1 fully saturated rings. The minimum Gasteiger partial charge on any atom is -0.472 e. The second kappa shape index (κ2) is 8.60. The molecule has 7 nitrogen and oxygen atoms in total. The van der Waals surface area contributed by atoms with E-state index in [1.165, 1.54) is 23.9 Å². The Hall–Kier alpha value is -2.61. The van der Waals surface area contributed by atoms with Crippen LogP contribution in [0.4, 0.5) is 5.00 Å². The Morgan fingerprint density at radius 1 is 1.29 bits per heavy atom. The van der Waals surface area contributed by atoms with Crippen molar-refractivity contribution in [2.45, 2.75) is 33.6 Å². The molecular formula is C20H24N2O5S. The molecule has 0 unspecified atom stereocenters. The Labute approximate surface area is 167 Å². The van der Waals surface area contributed by atoms with E-state index in [0.29, 0.717) is 42.1 Å². The normalized spacial score (nSPS) is 14.8. The molecule has 1 saturated heterocycles. The molecule has 8 heteroatoms. The Morgan fingerprint density at radius 3 is 2.61 bits per heavy atom. The summed E-state index contributed by atoms with van der Waals surface area (Å²) in [6.45, 7) is 6.82. The minimum atomic E-state index is -0.417. The number of amides is 2. The maximum atomic E-state index is 12.8. The van der Waals surface area contributed by atoms with Gasteiger partial charge in [0.2, 0.25) is 5.91 Å². The molecule has 1 aliphatic heterocycles. The molecule has 3 rings (SSSR count). The van der Waals surface area contributed by atoms with E-state index in [1.807, 2.05) is 13.8 Å². The molecular weight excluding hydrogens is 380 g/mol. The largest absolute Gasteiger partial charge is 0.472 e. The molecule has 1 aliphatic rings. The van der Waals surface area contributed by atoms with Crippen molar-refractivity contribution < 1.29 is 23.5 Å². The van der Waals surface area contributed by atoms with Gasteiger partial charge in [0.05, 0.1) is 24.0 Å². The molecule has 2 aromatic rings. The first-order valence-electron chi connectivity index (χ1n) is 9.31. The van der Waals surface area contributed by atoms with E-state index in [2.05, 4.69) is 5.32 Å². The van der Waals surface area contributed by atoms with Gasteiger partial charge >= 0.3 is 5.97 Å². The highest BCUT2D eigenvalue weighted by molar-refractivity contribution is 7.16. The van der Waals surface area contributed by atoms with Crippen molar-refractivity contribution in [2.75, 3.05) is 25.0 Å². The van der Waals surface area contributed by atoms with Crippen LogP contribution in [0, 0.1) is 19.8 Å². The van der Waals surface area contributed by atoms with E-state index >= 15 is 0 Å². The number of thiophene rings is 1. The number of likely N-dealkylation sites (tertiary alicyclic amines) is 1. The average molecular weight is 404 g/mol. The Bertz CT molecular complexity index is 864. The molecule has 0 aliphatic carbocycles. The molecule has 0 spiro atoms. The first-order chi connectivity index (χ1) is 13.4. The number of carbonyl (C=O) groups is 3. The molecule has 3 heterocycles. The van der Waals surface area contributed by atoms with Crippen LogP contribution >= 0.6 is 11.3 Å². The third kappa shape index (κ3) is 4.11. The molecule has 0 radical (unpaired) electrons. The van der Waals surface area contributed by atoms with Gasteiger partial charge in [-0.2, -0.15) is 0 Å². The van der Waals surface area contributed by atoms with Gasteiger partial charge in [-0.3, -0.25) is 9.59 Å². The van der Waals surface area contributed by atoms with Crippen molar-refractivity contribution in [1.29, 1.82) is 0 Å². The van der Waals surface area contributed by atoms with Crippen molar-refractivity contribution in [2.24, 2.45) is 5.92 Å². The molecule has 0 atom stereocenters. The van der Waals surface area contributed by atoms with Crippen LogP contribution in [-0.2, 0) is 9.53 Å². The lowest BCUT2D eigenvalue weighted by Gasteiger charge is -2.31. The monoisotopic (exact) mass is 404 g/mol. The Morgan fingerprint density at radius 2 is 2.00 bits per heavy atom. The number of furan rings is 1. The number of ether oxygens (including phenoxy) is 1. The standard InChI is InChI=1S/C20H24N2O5S/c1-4-27-20(25)16-12(2)13(3)28-18(16)21-17(23)14-5-8-22(9-6-14)19(24)15-7-10-26-11-15/h7,10-11,14H,4-6,8-9H2,1-3H3,(H,21,23). The van der Waals surface area contributed by atoms with Gasteiger partial charge in [0.25, 0.3) is 5.91 Å². The molecule has 0 bridgehead atoms. The van der Waals surface area contributed by atoms with Crippen molar-refractivity contribution in [3.05, 3.63) is 40.2 Å². The molecule has 0 saturated carbocycles. The number of esters is 1.